The number of pyridine rings is 1. The third-order valence-corrected chi connectivity index (χ3v) is 3.93. The molecular formula is C16H24N2O3. The zero-order valence-corrected chi connectivity index (χ0v) is 12.9. The van der Waals surface area contributed by atoms with Gasteiger partial charge in [0.2, 0.25) is 5.56 Å². The molecule has 1 aromatic rings. The highest BCUT2D eigenvalue weighted by Gasteiger charge is 2.27. The van der Waals surface area contributed by atoms with Crippen LogP contribution in [-0.4, -0.2) is 24.1 Å². The molecular weight excluding hydrogens is 268 g/mol. The molecule has 2 unspecified atom stereocenters. The first-order valence-electron chi connectivity index (χ1n) is 7.57. The summed E-state index contributed by atoms with van der Waals surface area (Å²) in [7, 11) is 1.42. The summed E-state index contributed by atoms with van der Waals surface area (Å²) in [4.78, 5) is 26.3. The molecule has 0 saturated carbocycles. The first-order chi connectivity index (χ1) is 10.0. The number of aryl methyl sites for hydroxylation is 1. The Morgan fingerprint density at radius 3 is 2.90 bits per heavy atom. The van der Waals surface area contributed by atoms with Crippen molar-refractivity contribution in [3.05, 3.63) is 33.7 Å². The van der Waals surface area contributed by atoms with E-state index in [0.717, 1.165) is 36.9 Å². The van der Waals surface area contributed by atoms with Gasteiger partial charge in [0.1, 0.15) is 6.04 Å². The molecule has 2 atom stereocenters. The first kappa shape index (κ1) is 15.8. The van der Waals surface area contributed by atoms with Crippen molar-refractivity contribution in [2.75, 3.05) is 7.11 Å². The number of rotatable bonds is 5. The summed E-state index contributed by atoms with van der Waals surface area (Å²) in [6, 6.07) is 3.20. The number of aromatic nitrogens is 1. The molecule has 5 nitrogen and oxygen atoms in total. The van der Waals surface area contributed by atoms with E-state index in [-0.39, 0.29) is 23.6 Å². The van der Waals surface area contributed by atoms with Crippen LogP contribution in [-0.2, 0) is 16.0 Å². The minimum Gasteiger partial charge on any atom is -0.468 e. The number of H-pyrrole nitrogens is 1. The summed E-state index contributed by atoms with van der Waals surface area (Å²) < 4.78 is 4.90. The van der Waals surface area contributed by atoms with E-state index in [2.05, 4.69) is 24.1 Å². The molecule has 5 heteroatoms. The standard InChI is InChI=1S/C16H24N2O3/c1-10(2)9-14(16(20)21-3)17-12-5-4-6-13-11(12)7-8-15(19)18-13/h7-8,10,12,14,17H,4-6,9H2,1-3H3,(H,18,19). The lowest BCUT2D eigenvalue weighted by molar-refractivity contribution is -0.143. The van der Waals surface area contributed by atoms with E-state index < -0.39 is 0 Å². The number of carbonyl (C=O) groups excluding carboxylic acids is 1. The third-order valence-electron chi connectivity index (χ3n) is 3.93. The van der Waals surface area contributed by atoms with Crippen LogP contribution in [0.25, 0.3) is 0 Å². The van der Waals surface area contributed by atoms with Gasteiger partial charge in [-0.15, -0.1) is 0 Å². The van der Waals surface area contributed by atoms with Crippen molar-refractivity contribution in [2.24, 2.45) is 5.92 Å². The largest absolute Gasteiger partial charge is 0.468 e. The van der Waals surface area contributed by atoms with Gasteiger partial charge in [-0.2, -0.15) is 0 Å². The Labute approximate surface area is 125 Å². The summed E-state index contributed by atoms with van der Waals surface area (Å²) in [5, 5.41) is 3.42. The molecule has 0 aromatic carbocycles. The van der Waals surface area contributed by atoms with Crippen molar-refractivity contribution < 1.29 is 9.53 Å². The molecule has 21 heavy (non-hydrogen) atoms. The van der Waals surface area contributed by atoms with Crippen LogP contribution in [0.15, 0.2) is 16.9 Å². The van der Waals surface area contributed by atoms with Gasteiger partial charge in [-0.05, 0) is 37.2 Å². The van der Waals surface area contributed by atoms with Crippen LogP contribution in [0.4, 0.5) is 0 Å². The van der Waals surface area contributed by atoms with Crippen LogP contribution in [0.3, 0.4) is 0 Å². The van der Waals surface area contributed by atoms with Crippen LogP contribution in [0.1, 0.15) is 50.4 Å². The smallest absolute Gasteiger partial charge is 0.322 e. The van der Waals surface area contributed by atoms with Gasteiger partial charge < -0.3 is 9.72 Å². The fourth-order valence-corrected chi connectivity index (χ4v) is 2.96. The van der Waals surface area contributed by atoms with Gasteiger partial charge in [-0.25, -0.2) is 0 Å². The quantitative estimate of drug-likeness (QED) is 0.814. The van der Waals surface area contributed by atoms with E-state index >= 15 is 0 Å². The van der Waals surface area contributed by atoms with Crippen LogP contribution >= 0.6 is 0 Å². The maximum atomic E-state index is 11.9. The van der Waals surface area contributed by atoms with E-state index in [1.807, 2.05) is 6.07 Å². The maximum Gasteiger partial charge on any atom is 0.322 e. The number of hydrogen-bond donors (Lipinski definition) is 2. The Kier molecular flexibility index (Phi) is 5.17. The van der Waals surface area contributed by atoms with Gasteiger partial charge in [-0.1, -0.05) is 19.9 Å². The fourth-order valence-electron chi connectivity index (χ4n) is 2.96. The predicted octanol–water partition coefficient (Wildman–Crippen LogP) is 1.93. The lowest BCUT2D eigenvalue weighted by atomic mass is 9.90. The van der Waals surface area contributed by atoms with E-state index in [1.165, 1.54) is 7.11 Å². The number of carbonyl (C=O) groups is 1. The molecule has 0 radical (unpaired) electrons. The van der Waals surface area contributed by atoms with Gasteiger partial charge in [-0.3, -0.25) is 14.9 Å². The molecule has 1 aliphatic rings. The van der Waals surface area contributed by atoms with Crippen molar-refractivity contribution in [1.29, 1.82) is 0 Å². The van der Waals surface area contributed by atoms with Crippen LogP contribution in [0, 0.1) is 5.92 Å². The second kappa shape index (κ2) is 6.89. The van der Waals surface area contributed by atoms with Gasteiger partial charge in [0.05, 0.1) is 7.11 Å². The number of hydrogen-bond acceptors (Lipinski definition) is 4. The molecule has 0 amide bonds. The highest BCUT2D eigenvalue weighted by Crippen LogP contribution is 2.28. The molecule has 1 heterocycles. The van der Waals surface area contributed by atoms with E-state index in [9.17, 15) is 9.59 Å². The van der Waals surface area contributed by atoms with E-state index in [4.69, 9.17) is 4.74 Å². The Bertz CT molecular complexity index is 551. The molecule has 0 fully saturated rings. The summed E-state index contributed by atoms with van der Waals surface area (Å²) >= 11 is 0. The number of ether oxygens (including phenoxy) is 1. The topological polar surface area (TPSA) is 71.2 Å². The number of esters is 1. The summed E-state index contributed by atoms with van der Waals surface area (Å²) in [6.07, 6.45) is 3.59. The monoisotopic (exact) mass is 292 g/mol. The van der Waals surface area contributed by atoms with Crippen LogP contribution < -0.4 is 10.9 Å². The van der Waals surface area contributed by atoms with Crippen molar-refractivity contribution in [3.8, 4) is 0 Å². The highest BCUT2D eigenvalue weighted by atomic mass is 16.5. The van der Waals surface area contributed by atoms with Gasteiger partial charge in [0.25, 0.3) is 0 Å². The zero-order chi connectivity index (χ0) is 15.4. The van der Waals surface area contributed by atoms with Crippen LogP contribution in [0.2, 0.25) is 0 Å². The van der Waals surface area contributed by atoms with Crippen molar-refractivity contribution in [2.45, 2.75) is 51.6 Å². The van der Waals surface area contributed by atoms with Crippen LogP contribution in [0.5, 0.6) is 0 Å². The Morgan fingerprint density at radius 2 is 2.24 bits per heavy atom. The van der Waals surface area contributed by atoms with Gasteiger partial charge >= 0.3 is 5.97 Å². The Hall–Kier alpha value is -1.62. The zero-order valence-electron chi connectivity index (χ0n) is 12.9. The average molecular weight is 292 g/mol. The van der Waals surface area contributed by atoms with Gasteiger partial charge in [0, 0.05) is 17.8 Å². The molecule has 1 aromatic heterocycles. The summed E-state index contributed by atoms with van der Waals surface area (Å²) in [6.45, 7) is 4.17. The summed E-state index contributed by atoms with van der Waals surface area (Å²) in [5.74, 6) is 0.181. The third kappa shape index (κ3) is 3.94. The number of fused-ring (bicyclic) bond motifs is 1. The lowest BCUT2D eigenvalue weighted by Crippen LogP contribution is -2.42. The molecule has 0 aliphatic heterocycles. The minimum absolute atomic E-state index is 0.0684. The summed E-state index contributed by atoms with van der Waals surface area (Å²) in [5.41, 5.74) is 2.01. The lowest BCUT2D eigenvalue weighted by Gasteiger charge is -2.29. The van der Waals surface area contributed by atoms with E-state index in [0.29, 0.717) is 5.92 Å². The van der Waals surface area contributed by atoms with Crippen molar-refractivity contribution in [1.82, 2.24) is 10.3 Å². The molecule has 1 aliphatic carbocycles. The molecule has 2 rings (SSSR count). The Morgan fingerprint density at radius 1 is 1.48 bits per heavy atom. The minimum atomic E-state index is -0.308. The predicted molar refractivity (Wildman–Crippen MR) is 81.1 cm³/mol. The van der Waals surface area contributed by atoms with E-state index in [1.54, 1.807) is 6.07 Å². The highest BCUT2D eigenvalue weighted by molar-refractivity contribution is 5.75. The number of nitrogens with one attached hydrogen (secondary N) is 2. The fraction of sp³-hybridized carbons (Fsp3) is 0.625. The number of aromatic amines is 1. The van der Waals surface area contributed by atoms with Crippen molar-refractivity contribution >= 4 is 5.97 Å². The number of methoxy groups -OCH3 is 1. The SMILES string of the molecule is COC(=O)C(CC(C)C)NC1CCCc2[nH]c(=O)ccc21. The molecule has 116 valence electrons. The first-order valence-corrected chi connectivity index (χ1v) is 7.57. The molecule has 0 saturated heterocycles. The molecule has 2 N–H and O–H groups in total. The Balaban J connectivity index is 2.18. The second-order valence-electron chi connectivity index (χ2n) is 6.07. The second-order valence-corrected chi connectivity index (χ2v) is 6.07. The van der Waals surface area contributed by atoms with Gasteiger partial charge in [0.15, 0.2) is 0 Å². The van der Waals surface area contributed by atoms with Crippen molar-refractivity contribution in [3.63, 3.8) is 0 Å². The maximum absolute atomic E-state index is 11.9. The molecule has 0 spiro atoms. The average Bonchev–Trinajstić information content (AvgIpc) is 2.45. The normalized spacial score (nSPS) is 19.1. The molecule has 0 bridgehead atoms.